The Balaban J connectivity index is 1.17. The van der Waals surface area contributed by atoms with Gasteiger partial charge in [0.2, 0.25) is 0 Å². The zero-order valence-electron chi connectivity index (χ0n) is 43.3. The van der Waals surface area contributed by atoms with Gasteiger partial charge in [0.05, 0.1) is 11.4 Å². The molecule has 0 N–H and O–H groups in total. The van der Waals surface area contributed by atoms with E-state index in [0.717, 1.165) is 28.4 Å². The predicted molar refractivity (Wildman–Crippen MR) is 315 cm³/mol. The Morgan fingerprint density at radius 2 is 0.932 bits per heavy atom. The van der Waals surface area contributed by atoms with Crippen LogP contribution in [0.5, 0.6) is 0 Å². The standard InChI is InChI=1S/C70H58BN3/c1-9-25-48-51(10-2)68(3,4)55-38-40-57-66(63(48)55)73(45-28-16-12-17-29-45)60-42-47(72(44-26-14-11-15-27-44)59-37-24-36-54-62(59)49-32-20-22-34-52(49)69(54,5)6)43-61-65(60)71(57)58-41-39-56-64(50-33-21-23-35-53(50)70(56,7)8)67(58)74(61)46-30-18-13-19-31-46/h9-43H,2H2,1,3-8H3/b25-9-. The van der Waals surface area contributed by atoms with E-state index in [1.54, 1.807) is 0 Å². The van der Waals surface area contributed by atoms with Crippen molar-refractivity contribution in [2.75, 3.05) is 14.7 Å². The SMILES string of the molecule is C=CC1=C(/C=C\C)c2c(ccc3c2N(c2ccccc2)c2cc(N(c4ccccc4)c4cccc5c4-c4ccccc4C5(C)C)cc4c2B3c2ccc3c(c2N4c2ccccc2)-c2ccccc2C3(C)C)C1(C)C. The van der Waals surface area contributed by atoms with Gasteiger partial charge in [0.25, 0.3) is 6.71 Å². The monoisotopic (exact) mass is 951 g/mol. The van der Waals surface area contributed by atoms with Crippen LogP contribution < -0.4 is 31.1 Å². The maximum absolute atomic E-state index is 4.48. The third-order valence-corrected chi connectivity index (χ3v) is 17.5. The normalized spacial score (nSPS) is 16.2. The van der Waals surface area contributed by atoms with E-state index in [0.29, 0.717) is 0 Å². The molecular weight excluding hydrogens is 894 g/mol. The molecular formula is C70H58BN3. The van der Waals surface area contributed by atoms with Gasteiger partial charge in [-0.05, 0) is 128 Å². The highest BCUT2D eigenvalue weighted by Crippen LogP contribution is 2.60. The molecule has 5 aliphatic rings. The van der Waals surface area contributed by atoms with Crippen molar-refractivity contribution in [3.8, 4) is 22.3 Å². The van der Waals surface area contributed by atoms with Gasteiger partial charge in [-0.3, -0.25) is 0 Å². The molecule has 3 aliphatic carbocycles. The summed E-state index contributed by atoms with van der Waals surface area (Å²) in [6, 6.07) is 73.4. The second-order valence-electron chi connectivity index (χ2n) is 22.4. The first kappa shape index (κ1) is 44.4. The molecule has 0 saturated carbocycles. The van der Waals surface area contributed by atoms with E-state index in [9.17, 15) is 0 Å². The van der Waals surface area contributed by atoms with Crippen molar-refractivity contribution in [1.29, 1.82) is 0 Å². The van der Waals surface area contributed by atoms with Crippen LogP contribution in [0.1, 0.15) is 81.8 Å². The van der Waals surface area contributed by atoms with Crippen LogP contribution in [0.2, 0.25) is 0 Å². The molecule has 9 aromatic rings. The minimum atomic E-state index is -0.275. The molecule has 0 bridgehead atoms. The first-order chi connectivity index (χ1) is 36.0. The lowest BCUT2D eigenvalue weighted by molar-refractivity contribution is 0.655. The van der Waals surface area contributed by atoms with Gasteiger partial charge in [-0.1, -0.05) is 206 Å². The fourth-order valence-electron chi connectivity index (χ4n) is 14.2. The summed E-state index contributed by atoms with van der Waals surface area (Å²) in [5.41, 5.74) is 29.4. The minimum Gasteiger partial charge on any atom is -0.311 e. The summed E-state index contributed by atoms with van der Waals surface area (Å²) in [4.78, 5) is 7.80. The lowest BCUT2D eigenvalue weighted by Crippen LogP contribution is -2.61. The van der Waals surface area contributed by atoms with Gasteiger partial charge in [0.1, 0.15) is 0 Å². The van der Waals surface area contributed by atoms with E-state index in [2.05, 4.69) is 282 Å². The molecule has 0 aromatic heterocycles. The second kappa shape index (κ2) is 15.8. The van der Waals surface area contributed by atoms with Gasteiger partial charge in [-0.15, -0.1) is 0 Å². The topological polar surface area (TPSA) is 9.72 Å². The zero-order chi connectivity index (χ0) is 50.4. The summed E-state index contributed by atoms with van der Waals surface area (Å²) in [5.74, 6) is 0. The molecule has 9 aromatic carbocycles. The Morgan fingerprint density at radius 3 is 1.49 bits per heavy atom. The second-order valence-corrected chi connectivity index (χ2v) is 22.4. The number of fused-ring (bicyclic) bond motifs is 13. The van der Waals surface area contributed by atoms with Gasteiger partial charge < -0.3 is 14.7 Å². The first-order valence-corrected chi connectivity index (χ1v) is 26.4. The molecule has 74 heavy (non-hydrogen) atoms. The summed E-state index contributed by atoms with van der Waals surface area (Å²) >= 11 is 0. The van der Waals surface area contributed by atoms with Crippen molar-refractivity contribution in [2.24, 2.45) is 0 Å². The Bertz CT molecular complexity index is 3920. The third-order valence-electron chi connectivity index (χ3n) is 17.5. The van der Waals surface area contributed by atoms with Crippen LogP contribution in [0, 0.1) is 0 Å². The molecule has 2 aliphatic heterocycles. The quantitative estimate of drug-likeness (QED) is 0.147. The Morgan fingerprint density at radius 1 is 0.459 bits per heavy atom. The highest BCUT2D eigenvalue weighted by Gasteiger charge is 2.50. The van der Waals surface area contributed by atoms with Crippen LogP contribution in [0.25, 0.3) is 27.8 Å². The van der Waals surface area contributed by atoms with Gasteiger partial charge in [-0.2, -0.15) is 0 Å². The molecule has 0 spiro atoms. The fourth-order valence-corrected chi connectivity index (χ4v) is 14.2. The number of hydrogen-bond acceptors (Lipinski definition) is 3. The van der Waals surface area contributed by atoms with Crippen molar-refractivity contribution in [3.05, 3.63) is 258 Å². The van der Waals surface area contributed by atoms with Gasteiger partial charge >= 0.3 is 0 Å². The summed E-state index contributed by atoms with van der Waals surface area (Å²) in [6.07, 6.45) is 6.64. The average molecular weight is 952 g/mol. The maximum Gasteiger partial charge on any atom is 0.252 e. The number of allylic oxidation sites excluding steroid dienone is 5. The summed E-state index contributed by atoms with van der Waals surface area (Å²) in [5, 5.41) is 0. The number of para-hydroxylation sites is 3. The molecule has 0 fully saturated rings. The molecule has 0 atom stereocenters. The smallest absolute Gasteiger partial charge is 0.252 e. The highest BCUT2D eigenvalue weighted by molar-refractivity contribution is 7.00. The summed E-state index contributed by atoms with van der Waals surface area (Å²) in [7, 11) is 0. The zero-order valence-corrected chi connectivity index (χ0v) is 43.3. The number of nitrogens with zero attached hydrogens (tertiary/aromatic N) is 3. The first-order valence-electron chi connectivity index (χ1n) is 26.4. The van der Waals surface area contributed by atoms with Gasteiger partial charge in [0.15, 0.2) is 0 Å². The highest BCUT2D eigenvalue weighted by atomic mass is 15.2. The molecule has 0 amide bonds. The van der Waals surface area contributed by atoms with Crippen LogP contribution in [0.3, 0.4) is 0 Å². The van der Waals surface area contributed by atoms with E-state index >= 15 is 0 Å². The molecule has 14 rings (SSSR count). The number of anilines is 9. The molecule has 356 valence electrons. The van der Waals surface area contributed by atoms with Crippen LogP contribution in [-0.4, -0.2) is 6.71 Å². The molecule has 0 radical (unpaired) electrons. The lowest BCUT2D eigenvalue weighted by atomic mass is 9.33. The number of hydrogen-bond donors (Lipinski definition) is 0. The third kappa shape index (κ3) is 5.85. The van der Waals surface area contributed by atoms with Crippen LogP contribution >= 0.6 is 0 Å². The molecule has 2 heterocycles. The maximum atomic E-state index is 4.48. The van der Waals surface area contributed by atoms with Crippen molar-refractivity contribution in [3.63, 3.8) is 0 Å². The van der Waals surface area contributed by atoms with E-state index < -0.39 is 0 Å². The van der Waals surface area contributed by atoms with Crippen LogP contribution in [-0.2, 0) is 16.2 Å². The molecule has 0 saturated heterocycles. The molecule has 4 heteroatoms. The van der Waals surface area contributed by atoms with Gasteiger partial charge in [-0.25, -0.2) is 0 Å². The van der Waals surface area contributed by atoms with E-state index in [4.69, 9.17) is 0 Å². The van der Waals surface area contributed by atoms with Crippen molar-refractivity contribution < 1.29 is 0 Å². The Hall–Kier alpha value is -8.34. The van der Waals surface area contributed by atoms with Crippen molar-refractivity contribution in [2.45, 2.75) is 64.7 Å². The van der Waals surface area contributed by atoms with E-state index in [1.165, 1.54) is 106 Å². The van der Waals surface area contributed by atoms with Crippen LogP contribution in [0.4, 0.5) is 51.2 Å². The lowest BCUT2D eigenvalue weighted by Gasteiger charge is -2.46. The summed E-state index contributed by atoms with van der Waals surface area (Å²) < 4.78 is 0. The number of benzene rings is 9. The summed E-state index contributed by atoms with van der Waals surface area (Å²) in [6.45, 7) is 20.8. The molecule has 0 unspecified atom stereocenters. The number of rotatable bonds is 7. The predicted octanol–water partition coefficient (Wildman–Crippen LogP) is 16.7. The van der Waals surface area contributed by atoms with E-state index in [1.807, 2.05) is 0 Å². The Labute approximate surface area is 437 Å². The van der Waals surface area contributed by atoms with Gasteiger partial charge in [0, 0.05) is 72.7 Å². The average Bonchev–Trinajstić information content (AvgIpc) is 3.91. The van der Waals surface area contributed by atoms with Crippen molar-refractivity contribution >= 4 is 79.9 Å². The largest absolute Gasteiger partial charge is 0.311 e. The van der Waals surface area contributed by atoms with E-state index in [-0.39, 0.29) is 23.0 Å². The fraction of sp³-hybridized carbons (Fsp3) is 0.143. The molecule has 3 nitrogen and oxygen atoms in total. The Kier molecular flexibility index (Phi) is 9.49. The minimum absolute atomic E-state index is 0.105. The van der Waals surface area contributed by atoms with Crippen molar-refractivity contribution in [1.82, 2.24) is 0 Å². The van der Waals surface area contributed by atoms with Crippen LogP contribution in [0.15, 0.2) is 225 Å².